The van der Waals surface area contributed by atoms with Crippen LogP contribution in [0.5, 0.6) is 0 Å². The van der Waals surface area contributed by atoms with Crippen LogP contribution in [-0.4, -0.2) is 25.0 Å². The number of rotatable bonds is 3. The van der Waals surface area contributed by atoms with Crippen LogP contribution in [0.1, 0.15) is 24.0 Å². The maximum Gasteiger partial charge on any atom is 0.0283 e. The molecule has 1 nitrogen and oxygen atoms in total. The molecule has 1 atom stereocenters. The Kier molecular flexibility index (Phi) is 5.44. The maximum atomic E-state index is 2.36. The number of hydrogen-bond acceptors (Lipinski definition) is 1. The van der Waals surface area contributed by atoms with Crippen LogP contribution in [-0.2, 0) is 5.41 Å². The van der Waals surface area contributed by atoms with Crippen LogP contribution in [0.2, 0.25) is 0 Å². The van der Waals surface area contributed by atoms with Crippen molar-refractivity contribution in [2.45, 2.75) is 24.3 Å². The highest BCUT2D eigenvalue weighted by Crippen LogP contribution is 2.43. The number of benzene rings is 2. The molecule has 0 radical (unpaired) electrons. The van der Waals surface area contributed by atoms with E-state index in [0.29, 0.717) is 6.04 Å². The van der Waals surface area contributed by atoms with Crippen molar-refractivity contribution >= 4 is 12.4 Å². The lowest BCUT2D eigenvalue weighted by atomic mass is 9.66. The molecule has 2 heteroatoms. The number of likely N-dealkylation sites (N-methyl/N-ethyl adjacent to an activating group) is 1. The molecule has 3 rings (SSSR count). The fraction of sp³-hybridized carbons (Fsp3) is 0.300. The first-order valence-corrected chi connectivity index (χ1v) is 7.66. The van der Waals surface area contributed by atoms with E-state index < -0.39 is 0 Å². The molecule has 0 aliphatic heterocycles. The van der Waals surface area contributed by atoms with Crippen LogP contribution in [0, 0.1) is 0 Å². The number of nitrogens with zero attached hydrogens (tertiary/aromatic N) is 1. The fourth-order valence-corrected chi connectivity index (χ4v) is 3.44. The normalized spacial score (nSPS) is 19.7. The number of allylic oxidation sites excluding steroid dienone is 1. The van der Waals surface area contributed by atoms with Crippen molar-refractivity contribution in [2.75, 3.05) is 14.1 Å². The summed E-state index contributed by atoms with van der Waals surface area (Å²) < 4.78 is 0. The Morgan fingerprint density at radius 1 is 0.864 bits per heavy atom. The minimum Gasteiger partial charge on any atom is -0.303 e. The molecule has 116 valence electrons. The lowest BCUT2D eigenvalue weighted by Crippen LogP contribution is -2.39. The van der Waals surface area contributed by atoms with Crippen LogP contribution in [0.3, 0.4) is 0 Å². The lowest BCUT2D eigenvalue weighted by molar-refractivity contribution is 0.270. The first kappa shape index (κ1) is 16.8. The summed E-state index contributed by atoms with van der Waals surface area (Å²) in [4.78, 5) is 2.32. The third kappa shape index (κ3) is 3.11. The van der Waals surface area contributed by atoms with E-state index in [1.807, 2.05) is 0 Å². The van der Waals surface area contributed by atoms with E-state index in [1.165, 1.54) is 11.1 Å². The molecule has 0 bridgehead atoms. The van der Waals surface area contributed by atoms with Gasteiger partial charge in [0, 0.05) is 11.5 Å². The molecule has 0 amide bonds. The predicted molar refractivity (Wildman–Crippen MR) is 96.8 cm³/mol. The quantitative estimate of drug-likeness (QED) is 0.744. The molecule has 0 saturated heterocycles. The largest absolute Gasteiger partial charge is 0.303 e. The lowest BCUT2D eigenvalue weighted by Gasteiger charge is -2.41. The Hall–Kier alpha value is -1.57. The molecule has 2 aromatic rings. The van der Waals surface area contributed by atoms with Gasteiger partial charge in [-0.15, -0.1) is 12.4 Å². The topological polar surface area (TPSA) is 3.24 Å². The minimum atomic E-state index is 0. The van der Waals surface area contributed by atoms with Gasteiger partial charge in [-0.3, -0.25) is 0 Å². The van der Waals surface area contributed by atoms with Gasteiger partial charge in [0.25, 0.3) is 0 Å². The van der Waals surface area contributed by atoms with Gasteiger partial charge in [-0.25, -0.2) is 0 Å². The van der Waals surface area contributed by atoms with Crippen molar-refractivity contribution in [3.05, 3.63) is 83.9 Å². The molecule has 1 aliphatic rings. The van der Waals surface area contributed by atoms with E-state index >= 15 is 0 Å². The van der Waals surface area contributed by atoms with Crippen molar-refractivity contribution in [3.8, 4) is 0 Å². The van der Waals surface area contributed by atoms with Gasteiger partial charge in [0.05, 0.1) is 0 Å². The molecule has 0 saturated carbocycles. The first-order valence-electron chi connectivity index (χ1n) is 7.66. The standard InChI is InChI=1S/C20H23N.ClH/c1-21(2)19-14-9-15-20(16-19,17-10-5-3-6-11-17)18-12-7-4-8-13-18;/h3-14,19H,15-16H2,1-2H3;1H. The Balaban J connectivity index is 0.00000176. The average molecular weight is 314 g/mol. The third-order valence-corrected chi connectivity index (χ3v) is 4.70. The summed E-state index contributed by atoms with van der Waals surface area (Å²) in [5.41, 5.74) is 2.94. The van der Waals surface area contributed by atoms with Gasteiger partial charge < -0.3 is 4.90 Å². The van der Waals surface area contributed by atoms with Crippen LogP contribution < -0.4 is 0 Å². The molecule has 2 aromatic carbocycles. The SMILES string of the molecule is CN(C)C1C=CCC(c2ccccc2)(c2ccccc2)C1.Cl. The van der Waals surface area contributed by atoms with Gasteiger partial charge in [-0.1, -0.05) is 72.8 Å². The number of hydrogen-bond donors (Lipinski definition) is 0. The smallest absolute Gasteiger partial charge is 0.0283 e. The van der Waals surface area contributed by atoms with Gasteiger partial charge in [-0.2, -0.15) is 0 Å². The monoisotopic (exact) mass is 313 g/mol. The Morgan fingerprint density at radius 2 is 1.36 bits per heavy atom. The Morgan fingerprint density at radius 3 is 1.82 bits per heavy atom. The zero-order chi connectivity index (χ0) is 14.7. The van der Waals surface area contributed by atoms with Gasteiger partial charge in [0.2, 0.25) is 0 Å². The summed E-state index contributed by atoms with van der Waals surface area (Å²) in [5, 5.41) is 0. The summed E-state index contributed by atoms with van der Waals surface area (Å²) >= 11 is 0. The van der Waals surface area contributed by atoms with Crippen molar-refractivity contribution in [2.24, 2.45) is 0 Å². The molecule has 0 N–H and O–H groups in total. The van der Waals surface area contributed by atoms with E-state index in [4.69, 9.17) is 0 Å². The Labute approximate surface area is 140 Å². The summed E-state index contributed by atoms with van der Waals surface area (Å²) in [6.45, 7) is 0. The highest BCUT2D eigenvalue weighted by molar-refractivity contribution is 5.85. The second-order valence-electron chi connectivity index (χ2n) is 6.18. The van der Waals surface area contributed by atoms with E-state index in [9.17, 15) is 0 Å². The first-order chi connectivity index (χ1) is 10.2. The van der Waals surface area contributed by atoms with E-state index in [1.54, 1.807) is 0 Å². The van der Waals surface area contributed by atoms with E-state index in [0.717, 1.165) is 12.8 Å². The second-order valence-corrected chi connectivity index (χ2v) is 6.18. The fourth-order valence-electron chi connectivity index (χ4n) is 3.44. The maximum absolute atomic E-state index is 2.36. The third-order valence-electron chi connectivity index (χ3n) is 4.70. The predicted octanol–water partition coefficient (Wildman–Crippen LogP) is 4.67. The molecule has 1 unspecified atom stereocenters. The summed E-state index contributed by atoms with van der Waals surface area (Å²) in [5.74, 6) is 0. The van der Waals surface area contributed by atoms with Gasteiger partial charge in [0.1, 0.15) is 0 Å². The highest BCUT2D eigenvalue weighted by atomic mass is 35.5. The summed E-state index contributed by atoms with van der Waals surface area (Å²) in [7, 11) is 4.34. The zero-order valence-corrected chi connectivity index (χ0v) is 14.1. The van der Waals surface area contributed by atoms with Crippen molar-refractivity contribution in [1.29, 1.82) is 0 Å². The van der Waals surface area contributed by atoms with Crippen molar-refractivity contribution in [3.63, 3.8) is 0 Å². The molecular formula is C20H24ClN. The minimum absolute atomic E-state index is 0. The van der Waals surface area contributed by atoms with Crippen LogP contribution >= 0.6 is 12.4 Å². The van der Waals surface area contributed by atoms with Gasteiger partial charge in [0.15, 0.2) is 0 Å². The summed E-state index contributed by atoms with van der Waals surface area (Å²) in [6, 6.07) is 22.4. The average Bonchev–Trinajstić information content (AvgIpc) is 2.56. The molecule has 1 aliphatic carbocycles. The molecule has 0 heterocycles. The van der Waals surface area contributed by atoms with Gasteiger partial charge >= 0.3 is 0 Å². The molecule has 22 heavy (non-hydrogen) atoms. The van der Waals surface area contributed by atoms with Crippen molar-refractivity contribution in [1.82, 2.24) is 4.90 Å². The van der Waals surface area contributed by atoms with Crippen molar-refractivity contribution < 1.29 is 0 Å². The van der Waals surface area contributed by atoms with E-state index in [2.05, 4.69) is 91.8 Å². The molecular weight excluding hydrogens is 290 g/mol. The molecule has 0 spiro atoms. The van der Waals surface area contributed by atoms with Crippen LogP contribution in [0.25, 0.3) is 0 Å². The zero-order valence-electron chi connectivity index (χ0n) is 13.3. The molecule has 0 fully saturated rings. The van der Waals surface area contributed by atoms with Crippen LogP contribution in [0.15, 0.2) is 72.8 Å². The summed E-state index contributed by atoms with van der Waals surface area (Å²) in [6.07, 6.45) is 6.91. The highest BCUT2D eigenvalue weighted by Gasteiger charge is 2.37. The van der Waals surface area contributed by atoms with E-state index in [-0.39, 0.29) is 17.8 Å². The Bertz CT molecular complexity index is 565. The van der Waals surface area contributed by atoms with Crippen LogP contribution in [0.4, 0.5) is 0 Å². The number of halogens is 1. The molecule has 0 aromatic heterocycles. The van der Waals surface area contributed by atoms with Gasteiger partial charge in [-0.05, 0) is 38.1 Å². The second kappa shape index (κ2) is 7.13.